The molecule has 0 aromatic carbocycles. The molecule has 14 heteroatoms. The van der Waals surface area contributed by atoms with Crippen molar-refractivity contribution in [2.45, 2.75) is 32.6 Å². The second-order valence-corrected chi connectivity index (χ2v) is 9.34. The predicted octanol–water partition coefficient (Wildman–Crippen LogP) is -5.26. The second-order valence-electron chi connectivity index (χ2n) is 9.34. The Kier molecular flexibility index (Phi) is 22.2. The van der Waals surface area contributed by atoms with E-state index in [0.29, 0.717) is 32.7 Å². The maximum absolute atomic E-state index is 12.6. The van der Waals surface area contributed by atoms with Crippen LogP contribution in [0.15, 0.2) is 0 Å². The minimum Gasteiger partial charge on any atom is -0.549 e. The van der Waals surface area contributed by atoms with Gasteiger partial charge in [0.1, 0.15) is 0 Å². The number of carboxylic acids is 3. The predicted molar refractivity (Wildman–Crippen MR) is 131 cm³/mol. The van der Waals surface area contributed by atoms with E-state index >= 15 is 0 Å². The van der Waals surface area contributed by atoms with Gasteiger partial charge in [0, 0.05) is 78.5 Å². The van der Waals surface area contributed by atoms with E-state index in [0.717, 1.165) is 38.8 Å². The molecule has 13 nitrogen and oxygen atoms in total. The van der Waals surface area contributed by atoms with E-state index in [4.69, 9.17) is 0 Å². The average molecular weight is 685 g/mol. The van der Waals surface area contributed by atoms with Crippen molar-refractivity contribution in [1.82, 2.24) is 30.2 Å². The SMILES string of the molecule is CCNCCCCCCNC(=O)CN1CCN(CC(=O)[O-])CCN(CC(=O)[O-])CCN(CC(=O)[O-])CC1.[Gd+3]. The van der Waals surface area contributed by atoms with E-state index in [9.17, 15) is 34.5 Å². The molecule has 1 aliphatic rings. The Balaban J connectivity index is 0.0000137. The minimum atomic E-state index is -1.27. The molecule has 0 aromatic rings. The van der Waals surface area contributed by atoms with Crippen LogP contribution in [0.25, 0.3) is 0 Å². The van der Waals surface area contributed by atoms with Gasteiger partial charge in [-0.25, -0.2) is 0 Å². The number of hydrogen-bond donors (Lipinski definition) is 2. The number of nitrogens with one attached hydrogen (secondary N) is 2. The fourth-order valence-electron chi connectivity index (χ4n) is 4.15. The Labute approximate surface area is 257 Å². The first-order valence-corrected chi connectivity index (χ1v) is 13.2. The van der Waals surface area contributed by atoms with Gasteiger partial charge in [-0.1, -0.05) is 19.8 Å². The van der Waals surface area contributed by atoms with Crippen LogP contribution in [-0.2, 0) is 19.2 Å². The first-order chi connectivity index (χ1) is 17.7. The summed E-state index contributed by atoms with van der Waals surface area (Å²) >= 11 is 0. The van der Waals surface area contributed by atoms with Crippen LogP contribution in [0.2, 0.25) is 0 Å². The van der Waals surface area contributed by atoms with Crippen molar-refractivity contribution in [2.24, 2.45) is 0 Å². The summed E-state index contributed by atoms with van der Waals surface area (Å²) in [6.45, 7) is 6.22. The van der Waals surface area contributed by atoms with Gasteiger partial charge in [0.15, 0.2) is 0 Å². The van der Waals surface area contributed by atoms with Crippen molar-refractivity contribution in [3.05, 3.63) is 0 Å². The van der Waals surface area contributed by atoms with E-state index in [1.165, 1.54) is 0 Å². The fourth-order valence-corrected chi connectivity index (χ4v) is 4.15. The van der Waals surface area contributed by atoms with Crippen LogP contribution in [-0.4, -0.2) is 142 Å². The van der Waals surface area contributed by atoms with Gasteiger partial charge < -0.3 is 40.3 Å². The summed E-state index contributed by atoms with van der Waals surface area (Å²) < 4.78 is 0. The number of aliphatic carboxylic acids is 3. The van der Waals surface area contributed by atoms with E-state index in [2.05, 4.69) is 17.6 Å². The van der Waals surface area contributed by atoms with Crippen molar-refractivity contribution in [1.29, 1.82) is 0 Å². The Morgan fingerprint density at radius 2 is 0.921 bits per heavy atom. The van der Waals surface area contributed by atoms with E-state index in [1.54, 1.807) is 14.7 Å². The Bertz CT molecular complexity index is 671. The molecule has 0 aromatic heterocycles. The molecule has 0 bridgehead atoms. The maximum Gasteiger partial charge on any atom is 3.00 e. The Morgan fingerprint density at radius 3 is 1.26 bits per heavy atom. The second kappa shape index (κ2) is 22.8. The molecule has 1 heterocycles. The summed E-state index contributed by atoms with van der Waals surface area (Å²) in [6.07, 6.45) is 4.11. The van der Waals surface area contributed by atoms with Gasteiger partial charge in [-0.3, -0.25) is 24.4 Å². The van der Waals surface area contributed by atoms with Gasteiger partial charge in [0.2, 0.25) is 5.91 Å². The van der Waals surface area contributed by atoms with Crippen molar-refractivity contribution in [3.8, 4) is 0 Å². The molecule has 0 saturated carbocycles. The van der Waals surface area contributed by atoms with Crippen molar-refractivity contribution in [2.75, 3.05) is 98.2 Å². The summed E-state index contributed by atoms with van der Waals surface area (Å²) in [5, 5.41) is 39.8. The quantitative estimate of drug-likeness (QED) is 0.148. The normalized spacial score (nSPS) is 17.1. The monoisotopic (exact) mass is 685 g/mol. The van der Waals surface area contributed by atoms with E-state index in [-0.39, 0.29) is 98.2 Å². The molecule has 0 atom stereocenters. The zero-order valence-corrected chi connectivity index (χ0v) is 24.7. The number of carbonyl (C=O) groups is 4. The van der Waals surface area contributed by atoms with E-state index in [1.807, 2.05) is 4.90 Å². The first kappa shape index (κ1) is 37.0. The van der Waals surface area contributed by atoms with Crippen LogP contribution < -0.4 is 26.0 Å². The molecule has 1 aliphatic heterocycles. The molecule has 1 amide bonds. The van der Waals surface area contributed by atoms with Gasteiger partial charge in [-0.05, 0) is 25.9 Å². The number of carboxylic acid groups (broad SMARTS) is 3. The minimum absolute atomic E-state index is 0. The van der Waals surface area contributed by atoms with Crippen LogP contribution in [0.4, 0.5) is 0 Å². The summed E-state index contributed by atoms with van der Waals surface area (Å²) in [5.74, 6) is -3.89. The maximum atomic E-state index is 12.6. The number of hydrogen-bond acceptors (Lipinski definition) is 12. The molecule has 1 radical (unpaired) electrons. The van der Waals surface area contributed by atoms with Crippen molar-refractivity contribution >= 4 is 23.8 Å². The largest absolute Gasteiger partial charge is 3.00 e. The Morgan fingerprint density at radius 1 is 0.579 bits per heavy atom. The van der Waals surface area contributed by atoms with Gasteiger partial charge in [-0.2, -0.15) is 0 Å². The van der Waals surface area contributed by atoms with E-state index < -0.39 is 17.9 Å². The van der Waals surface area contributed by atoms with Crippen LogP contribution in [0.3, 0.4) is 0 Å². The summed E-state index contributed by atoms with van der Waals surface area (Å²) in [4.78, 5) is 52.9. The number of unbranched alkanes of at least 4 members (excludes halogenated alkanes) is 3. The van der Waals surface area contributed by atoms with Gasteiger partial charge in [0.25, 0.3) is 0 Å². The molecule has 1 saturated heterocycles. The van der Waals surface area contributed by atoms with Crippen LogP contribution in [0.5, 0.6) is 0 Å². The molecule has 38 heavy (non-hydrogen) atoms. The molecule has 0 spiro atoms. The Hall–Kier alpha value is -0.995. The third-order valence-corrected chi connectivity index (χ3v) is 6.21. The van der Waals surface area contributed by atoms with Crippen LogP contribution in [0.1, 0.15) is 32.6 Å². The summed E-state index contributed by atoms with van der Waals surface area (Å²) in [6, 6.07) is 0. The smallest absolute Gasteiger partial charge is 0.549 e. The van der Waals surface area contributed by atoms with Gasteiger partial charge >= 0.3 is 39.9 Å². The number of rotatable bonds is 16. The third kappa shape index (κ3) is 20.0. The van der Waals surface area contributed by atoms with Crippen molar-refractivity contribution in [3.63, 3.8) is 0 Å². The molecule has 219 valence electrons. The van der Waals surface area contributed by atoms with Crippen LogP contribution >= 0.6 is 0 Å². The fraction of sp³-hybridized carbons (Fsp3) is 0.833. The van der Waals surface area contributed by atoms with Gasteiger partial charge in [-0.15, -0.1) is 0 Å². The molecule has 0 unspecified atom stereocenters. The van der Waals surface area contributed by atoms with Gasteiger partial charge in [0.05, 0.1) is 24.5 Å². The molecule has 1 fully saturated rings. The summed E-state index contributed by atoms with van der Waals surface area (Å²) in [7, 11) is 0. The average Bonchev–Trinajstić information content (AvgIpc) is 2.81. The standard InChI is InChI=1S/C24H46N6O7.Gd/c1-2-25-7-5-3-4-6-8-26-21(31)17-27-9-11-28(18-22(32)33)13-15-30(20-24(36)37)16-14-29(12-10-27)19-23(34)35;/h25H,2-20H2,1H3,(H,26,31)(H,32,33)(H,34,35)(H,36,37);/q;+3/p-3. The third-order valence-electron chi connectivity index (χ3n) is 6.21. The molecular weight excluding hydrogens is 642 g/mol. The van der Waals surface area contributed by atoms with Crippen LogP contribution in [0, 0.1) is 39.9 Å². The molecule has 0 aliphatic carbocycles. The topological polar surface area (TPSA) is 174 Å². The summed E-state index contributed by atoms with van der Waals surface area (Å²) in [5.41, 5.74) is 0. The molecular formula is C24H43GdN6O7. The zero-order chi connectivity index (χ0) is 27.5. The molecule has 1 rings (SSSR count). The molecule has 2 N–H and O–H groups in total. The number of nitrogens with zero attached hydrogens (tertiary/aromatic N) is 4. The number of amides is 1. The van der Waals surface area contributed by atoms with Crippen molar-refractivity contribution < 1.29 is 74.4 Å². The zero-order valence-electron chi connectivity index (χ0n) is 22.4. The first-order valence-electron chi connectivity index (χ1n) is 13.2. The number of carbonyl (C=O) groups excluding carboxylic acids is 4.